The van der Waals surface area contributed by atoms with E-state index in [0.29, 0.717) is 12.8 Å². The van der Waals surface area contributed by atoms with Crippen molar-refractivity contribution in [3.8, 4) is 12.3 Å². The van der Waals surface area contributed by atoms with Crippen molar-refractivity contribution in [2.75, 3.05) is 6.61 Å². The molecule has 0 aromatic carbocycles. The van der Waals surface area contributed by atoms with Gasteiger partial charge >= 0.3 is 0 Å². The molecule has 1 heterocycles. The lowest BCUT2D eigenvalue weighted by molar-refractivity contribution is 0.0293. The number of ether oxygens (including phenoxy) is 1. The predicted octanol–water partition coefficient (Wildman–Crippen LogP) is 2.27. The molecule has 0 aromatic rings. The highest BCUT2D eigenvalue weighted by atomic mass is 16.5. The molecule has 0 amide bonds. The second-order valence-electron chi connectivity index (χ2n) is 5.51. The molecule has 0 radical (unpaired) electrons. The molecular weight excluding hydrogens is 240 g/mol. The fraction of sp³-hybridized carbons (Fsp3) is 0.750. The van der Waals surface area contributed by atoms with E-state index in [4.69, 9.17) is 16.3 Å². The Morgan fingerprint density at radius 1 is 1.53 bits per heavy atom. The van der Waals surface area contributed by atoms with Crippen molar-refractivity contribution in [1.29, 1.82) is 0 Å². The molecular formula is C16H26O3. The maximum Gasteiger partial charge on any atom is 0.0788 e. The van der Waals surface area contributed by atoms with Gasteiger partial charge in [0, 0.05) is 12.5 Å². The summed E-state index contributed by atoms with van der Waals surface area (Å²) in [4.78, 5) is 0. The first-order chi connectivity index (χ1) is 9.06. The zero-order chi connectivity index (χ0) is 14.3. The standard InChI is InChI=1S/C16H26O3/c1-4-12(2)10-14(18)7-8-16-13(3)11-15(19-16)6-5-9-17/h1,12,14-18H,3,5-11H2,2H3/t12-,14+,15-,16-/m0/s1. The fourth-order valence-electron chi connectivity index (χ4n) is 2.50. The van der Waals surface area contributed by atoms with Crippen LogP contribution >= 0.6 is 0 Å². The summed E-state index contributed by atoms with van der Waals surface area (Å²) >= 11 is 0. The van der Waals surface area contributed by atoms with E-state index in [1.54, 1.807) is 0 Å². The summed E-state index contributed by atoms with van der Waals surface area (Å²) < 4.78 is 5.90. The van der Waals surface area contributed by atoms with Gasteiger partial charge in [0.1, 0.15) is 0 Å². The van der Waals surface area contributed by atoms with Crippen LogP contribution in [0.5, 0.6) is 0 Å². The first kappa shape index (κ1) is 16.2. The van der Waals surface area contributed by atoms with E-state index in [1.807, 2.05) is 6.92 Å². The van der Waals surface area contributed by atoms with Crippen LogP contribution in [0.15, 0.2) is 12.2 Å². The van der Waals surface area contributed by atoms with Crippen molar-refractivity contribution in [2.45, 2.75) is 63.8 Å². The average Bonchev–Trinajstić information content (AvgIpc) is 2.74. The Hall–Kier alpha value is -0.820. The molecule has 3 nitrogen and oxygen atoms in total. The van der Waals surface area contributed by atoms with Crippen molar-refractivity contribution in [2.24, 2.45) is 5.92 Å². The van der Waals surface area contributed by atoms with Crippen molar-refractivity contribution in [3.63, 3.8) is 0 Å². The minimum atomic E-state index is -0.362. The number of terminal acetylenes is 1. The van der Waals surface area contributed by atoms with Crippen molar-refractivity contribution >= 4 is 0 Å². The first-order valence-electron chi connectivity index (χ1n) is 7.15. The van der Waals surface area contributed by atoms with Gasteiger partial charge in [0.05, 0.1) is 18.3 Å². The maximum atomic E-state index is 9.89. The van der Waals surface area contributed by atoms with Gasteiger partial charge < -0.3 is 14.9 Å². The molecule has 1 aliphatic heterocycles. The summed E-state index contributed by atoms with van der Waals surface area (Å²) in [6.07, 6.45) is 9.85. The Kier molecular flexibility index (Phi) is 7.15. The molecule has 19 heavy (non-hydrogen) atoms. The molecule has 0 aromatic heterocycles. The molecule has 1 aliphatic rings. The average molecular weight is 266 g/mol. The van der Waals surface area contributed by atoms with Gasteiger partial charge in [-0.2, -0.15) is 0 Å². The van der Waals surface area contributed by atoms with Gasteiger partial charge in [-0.1, -0.05) is 13.5 Å². The third kappa shape index (κ3) is 5.78. The third-order valence-electron chi connectivity index (χ3n) is 3.66. The van der Waals surface area contributed by atoms with E-state index < -0.39 is 0 Å². The van der Waals surface area contributed by atoms with Gasteiger partial charge in [-0.05, 0) is 44.1 Å². The van der Waals surface area contributed by atoms with E-state index in [1.165, 1.54) is 0 Å². The molecule has 4 atom stereocenters. The first-order valence-corrected chi connectivity index (χ1v) is 7.15. The normalized spacial score (nSPS) is 26.1. The molecule has 0 saturated carbocycles. The van der Waals surface area contributed by atoms with Gasteiger partial charge in [-0.15, -0.1) is 12.3 Å². The second kappa shape index (κ2) is 8.37. The fourth-order valence-corrected chi connectivity index (χ4v) is 2.50. The van der Waals surface area contributed by atoms with Crippen LogP contribution in [-0.4, -0.2) is 35.1 Å². The van der Waals surface area contributed by atoms with Crippen LogP contribution in [0.4, 0.5) is 0 Å². The van der Waals surface area contributed by atoms with Gasteiger partial charge in [-0.3, -0.25) is 0 Å². The van der Waals surface area contributed by atoms with Crippen LogP contribution in [-0.2, 0) is 4.74 Å². The molecule has 1 saturated heterocycles. The lowest BCUT2D eigenvalue weighted by Crippen LogP contribution is -2.17. The van der Waals surface area contributed by atoms with Crippen LogP contribution < -0.4 is 0 Å². The number of aliphatic hydroxyl groups is 2. The van der Waals surface area contributed by atoms with Gasteiger partial charge in [0.2, 0.25) is 0 Å². The summed E-state index contributed by atoms with van der Waals surface area (Å²) in [5.74, 6) is 2.74. The van der Waals surface area contributed by atoms with E-state index in [0.717, 1.165) is 31.3 Å². The third-order valence-corrected chi connectivity index (χ3v) is 3.66. The van der Waals surface area contributed by atoms with E-state index in [9.17, 15) is 5.11 Å². The van der Waals surface area contributed by atoms with Gasteiger partial charge in [-0.25, -0.2) is 0 Å². The number of hydrogen-bond acceptors (Lipinski definition) is 3. The molecule has 0 unspecified atom stereocenters. The molecule has 0 bridgehead atoms. The van der Waals surface area contributed by atoms with Crippen LogP contribution in [0, 0.1) is 18.3 Å². The second-order valence-corrected chi connectivity index (χ2v) is 5.51. The Labute approximate surface area is 116 Å². The van der Waals surface area contributed by atoms with Crippen LogP contribution in [0.25, 0.3) is 0 Å². The largest absolute Gasteiger partial charge is 0.396 e. The lowest BCUT2D eigenvalue weighted by atomic mass is 9.97. The Morgan fingerprint density at radius 2 is 2.26 bits per heavy atom. The Bertz CT molecular complexity index is 318. The Morgan fingerprint density at radius 3 is 2.89 bits per heavy atom. The highest BCUT2D eigenvalue weighted by molar-refractivity contribution is 5.09. The quantitative estimate of drug-likeness (QED) is 0.523. The number of aliphatic hydroxyl groups excluding tert-OH is 2. The molecule has 2 N–H and O–H groups in total. The topological polar surface area (TPSA) is 49.7 Å². The predicted molar refractivity (Wildman–Crippen MR) is 76.6 cm³/mol. The highest BCUT2D eigenvalue weighted by Gasteiger charge is 2.28. The molecule has 108 valence electrons. The van der Waals surface area contributed by atoms with Crippen molar-refractivity contribution in [1.82, 2.24) is 0 Å². The van der Waals surface area contributed by atoms with Crippen molar-refractivity contribution in [3.05, 3.63) is 12.2 Å². The zero-order valence-electron chi connectivity index (χ0n) is 11.8. The van der Waals surface area contributed by atoms with Gasteiger partial charge in [0.25, 0.3) is 0 Å². The number of rotatable bonds is 8. The van der Waals surface area contributed by atoms with Crippen LogP contribution in [0.3, 0.4) is 0 Å². The van der Waals surface area contributed by atoms with Crippen molar-refractivity contribution < 1.29 is 14.9 Å². The maximum absolute atomic E-state index is 9.89. The summed E-state index contributed by atoms with van der Waals surface area (Å²) in [5.41, 5.74) is 1.11. The van der Waals surface area contributed by atoms with E-state index in [2.05, 4.69) is 12.5 Å². The molecule has 0 spiro atoms. The lowest BCUT2D eigenvalue weighted by Gasteiger charge is -2.17. The minimum Gasteiger partial charge on any atom is -0.396 e. The summed E-state index contributed by atoms with van der Waals surface area (Å²) in [5, 5.41) is 18.7. The smallest absolute Gasteiger partial charge is 0.0788 e. The summed E-state index contributed by atoms with van der Waals surface area (Å²) in [6, 6.07) is 0. The molecule has 3 heteroatoms. The van der Waals surface area contributed by atoms with Crippen LogP contribution in [0.2, 0.25) is 0 Å². The Balaban J connectivity index is 2.26. The van der Waals surface area contributed by atoms with E-state index in [-0.39, 0.29) is 30.8 Å². The van der Waals surface area contributed by atoms with Crippen LogP contribution in [0.1, 0.15) is 45.4 Å². The number of hydrogen-bond donors (Lipinski definition) is 2. The molecule has 0 aliphatic carbocycles. The van der Waals surface area contributed by atoms with Gasteiger partial charge in [0.15, 0.2) is 0 Å². The summed E-state index contributed by atoms with van der Waals surface area (Å²) in [7, 11) is 0. The minimum absolute atomic E-state index is 0.0551. The monoisotopic (exact) mass is 266 g/mol. The zero-order valence-corrected chi connectivity index (χ0v) is 11.8. The SMILES string of the molecule is C#C[C@H](C)C[C@H](O)CC[C@@H]1O[C@@H](CCCO)CC1=C. The van der Waals surface area contributed by atoms with E-state index >= 15 is 0 Å². The molecule has 1 rings (SSSR count). The summed E-state index contributed by atoms with van der Waals surface area (Å²) in [6.45, 7) is 6.20. The molecule has 1 fully saturated rings. The highest BCUT2D eigenvalue weighted by Crippen LogP contribution is 2.30.